The van der Waals surface area contributed by atoms with Crippen molar-refractivity contribution in [1.82, 2.24) is 15.5 Å². The minimum atomic E-state index is -0.0778. The summed E-state index contributed by atoms with van der Waals surface area (Å²) < 4.78 is 11.0. The van der Waals surface area contributed by atoms with Crippen molar-refractivity contribution in [2.24, 2.45) is 0 Å². The van der Waals surface area contributed by atoms with Crippen LogP contribution in [-0.2, 0) is 14.3 Å². The Bertz CT molecular complexity index is 317. The van der Waals surface area contributed by atoms with Gasteiger partial charge in [-0.3, -0.25) is 9.69 Å². The van der Waals surface area contributed by atoms with Gasteiger partial charge in [-0.25, -0.2) is 0 Å². The van der Waals surface area contributed by atoms with Gasteiger partial charge in [0.15, 0.2) is 0 Å². The number of ether oxygens (including phenoxy) is 2. The van der Waals surface area contributed by atoms with E-state index >= 15 is 0 Å². The number of nitrogens with one attached hydrogen (secondary N) is 2. The van der Waals surface area contributed by atoms with Gasteiger partial charge in [0.25, 0.3) is 0 Å². The number of carbonyl (C=O) groups excluding carboxylic acids is 1. The van der Waals surface area contributed by atoms with E-state index < -0.39 is 0 Å². The van der Waals surface area contributed by atoms with Gasteiger partial charge in [0.2, 0.25) is 5.91 Å². The third kappa shape index (κ3) is 5.36. The third-order valence-electron chi connectivity index (χ3n) is 3.69. The molecule has 0 bridgehead atoms. The van der Waals surface area contributed by atoms with Crippen molar-refractivity contribution in [1.29, 1.82) is 0 Å². The van der Waals surface area contributed by atoms with Crippen molar-refractivity contribution in [2.75, 3.05) is 52.5 Å². The van der Waals surface area contributed by atoms with Gasteiger partial charge in [0.05, 0.1) is 25.4 Å². The van der Waals surface area contributed by atoms with Gasteiger partial charge < -0.3 is 20.1 Å². The molecule has 2 N–H and O–H groups in total. The molecule has 6 nitrogen and oxygen atoms in total. The Balaban J connectivity index is 1.59. The largest absolute Gasteiger partial charge is 0.378 e. The number of rotatable bonds is 5. The molecular weight excluding hydrogens is 258 g/mol. The van der Waals surface area contributed by atoms with Gasteiger partial charge >= 0.3 is 0 Å². The van der Waals surface area contributed by atoms with Gasteiger partial charge in [0, 0.05) is 45.2 Å². The molecule has 2 fully saturated rings. The maximum Gasteiger partial charge on any atom is 0.221 e. The summed E-state index contributed by atoms with van der Waals surface area (Å²) in [6.07, 6.45) is 0.495. The summed E-state index contributed by atoms with van der Waals surface area (Å²) in [6.45, 7) is 10.6. The quantitative estimate of drug-likeness (QED) is 0.719. The zero-order chi connectivity index (χ0) is 14.4. The van der Waals surface area contributed by atoms with Crippen molar-refractivity contribution >= 4 is 5.91 Å². The van der Waals surface area contributed by atoms with E-state index in [0.717, 1.165) is 39.4 Å². The molecule has 20 heavy (non-hydrogen) atoms. The average Bonchev–Trinajstić information content (AvgIpc) is 2.38. The number of morpholine rings is 2. The molecule has 6 heteroatoms. The van der Waals surface area contributed by atoms with Gasteiger partial charge in [-0.1, -0.05) is 0 Å². The molecule has 0 aromatic heterocycles. The van der Waals surface area contributed by atoms with Crippen molar-refractivity contribution in [2.45, 2.75) is 31.9 Å². The zero-order valence-electron chi connectivity index (χ0n) is 12.6. The molecule has 0 aromatic rings. The lowest BCUT2D eigenvalue weighted by atomic mass is 10.1. The molecule has 0 aromatic carbocycles. The topological polar surface area (TPSA) is 62.8 Å². The van der Waals surface area contributed by atoms with Crippen LogP contribution in [0.2, 0.25) is 0 Å². The molecule has 1 atom stereocenters. The Hall–Kier alpha value is -0.690. The summed E-state index contributed by atoms with van der Waals surface area (Å²) in [7, 11) is 0. The molecule has 0 aliphatic carbocycles. The monoisotopic (exact) mass is 285 g/mol. The molecule has 0 radical (unpaired) electrons. The van der Waals surface area contributed by atoms with Crippen molar-refractivity contribution in [3.05, 3.63) is 0 Å². The Morgan fingerprint density at radius 1 is 1.45 bits per heavy atom. The van der Waals surface area contributed by atoms with Gasteiger partial charge in [-0.2, -0.15) is 0 Å². The average molecular weight is 285 g/mol. The first-order chi connectivity index (χ1) is 9.55. The molecular formula is C14H27N3O3. The zero-order valence-corrected chi connectivity index (χ0v) is 12.6. The van der Waals surface area contributed by atoms with Crippen LogP contribution in [-0.4, -0.2) is 75.0 Å². The van der Waals surface area contributed by atoms with Crippen LogP contribution in [0.15, 0.2) is 0 Å². The second-order valence-electron chi connectivity index (χ2n) is 6.16. The highest BCUT2D eigenvalue weighted by Crippen LogP contribution is 2.15. The predicted octanol–water partition coefficient (Wildman–Crippen LogP) is -0.408. The van der Waals surface area contributed by atoms with E-state index in [1.54, 1.807) is 0 Å². The fourth-order valence-electron chi connectivity index (χ4n) is 2.71. The smallest absolute Gasteiger partial charge is 0.221 e. The predicted molar refractivity (Wildman–Crippen MR) is 76.7 cm³/mol. The van der Waals surface area contributed by atoms with Crippen LogP contribution in [0.25, 0.3) is 0 Å². The van der Waals surface area contributed by atoms with E-state index in [2.05, 4.69) is 29.4 Å². The summed E-state index contributed by atoms with van der Waals surface area (Å²) in [4.78, 5) is 14.2. The first-order valence-corrected chi connectivity index (χ1v) is 7.49. The first kappa shape index (κ1) is 15.7. The summed E-state index contributed by atoms with van der Waals surface area (Å²) >= 11 is 0. The number of hydrogen-bond donors (Lipinski definition) is 2. The second-order valence-corrected chi connectivity index (χ2v) is 6.16. The Kier molecular flexibility index (Phi) is 5.77. The number of carbonyl (C=O) groups is 1. The van der Waals surface area contributed by atoms with E-state index in [1.165, 1.54) is 0 Å². The maximum atomic E-state index is 11.8. The van der Waals surface area contributed by atoms with Crippen molar-refractivity contribution in [3.63, 3.8) is 0 Å². The molecule has 2 heterocycles. The van der Waals surface area contributed by atoms with Gasteiger partial charge in [0.1, 0.15) is 0 Å². The van der Waals surface area contributed by atoms with E-state index in [-0.39, 0.29) is 17.6 Å². The molecule has 2 aliphatic rings. The third-order valence-corrected chi connectivity index (χ3v) is 3.69. The SMILES string of the molecule is CC1(C)CN(CCNC(=O)CC2COCCN2)CCO1. The van der Waals surface area contributed by atoms with E-state index in [1.807, 2.05) is 0 Å². The number of nitrogens with zero attached hydrogens (tertiary/aromatic N) is 1. The maximum absolute atomic E-state index is 11.8. The number of hydrogen-bond acceptors (Lipinski definition) is 5. The summed E-state index contributed by atoms with van der Waals surface area (Å²) in [6, 6.07) is 0.158. The number of amides is 1. The first-order valence-electron chi connectivity index (χ1n) is 7.49. The Labute approximate surface area is 121 Å². The Morgan fingerprint density at radius 2 is 2.30 bits per heavy atom. The summed E-state index contributed by atoms with van der Waals surface area (Å²) in [5, 5.41) is 6.28. The molecule has 2 rings (SSSR count). The molecule has 2 aliphatic heterocycles. The van der Waals surface area contributed by atoms with Crippen LogP contribution in [0.1, 0.15) is 20.3 Å². The molecule has 2 saturated heterocycles. The minimum Gasteiger partial charge on any atom is -0.378 e. The van der Waals surface area contributed by atoms with Crippen LogP contribution in [0.5, 0.6) is 0 Å². The highest BCUT2D eigenvalue weighted by Gasteiger charge is 2.26. The van der Waals surface area contributed by atoms with Crippen LogP contribution in [0, 0.1) is 0 Å². The van der Waals surface area contributed by atoms with E-state index in [4.69, 9.17) is 9.47 Å². The fourth-order valence-corrected chi connectivity index (χ4v) is 2.71. The Morgan fingerprint density at radius 3 is 3.00 bits per heavy atom. The van der Waals surface area contributed by atoms with Crippen LogP contribution < -0.4 is 10.6 Å². The lowest BCUT2D eigenvalue weighted by molar-refractivity contribution is -0.122. The fraction of sp³-hybridized carbons (Fsp3) is 0.929. The van der Waals surface area contributed by atoms with Crippen LogP contribution in [0.3, 0.4) is 0 Å². The normalized spacial score (nSPS) is 27.2. The van der Waals surface area contributed by atoms with E-state index in [9.17, 15) is 4.79 Å². The lowest BCUT2D eigenvalue weighted by Gasteiger charge is -2.38. The second kappa shape index (κ2) is 7.36. The van der Waals surface area contributed by atoms with Gasteiger partial charge in [-0.05, 0) is 13.8 Å². The van der Waals surface area contributed by atoms with E-state index in [0.29, 0.717) is 19.6 Å². The van der Waals surface area contributed by atoms with Crippen LogP contribution in [0.4, 0.5) is 0 Å². The molecule has 1 unspecified atom stereocenters. The lowest BCUT2D eigenvalue weighted by Crippen LogP contribution is -2.50. The highest BCUT2D eigenvalue weighted by atomic mass is 16.5. The van der Waals surface area contributed by atoms with Crippen LogP contribution >= 0.6 is 0 Å². The van der Waals surface area contributed by atoms with Crippen molar-refractivity contribution < 1.29 is 14.3 Å². The minimum absolute atomic E-state index is 0.0778. The summed E-state index contributed by atoms with van der Waals surface area (Å²) in [5.41, 5.74) is -0.0778. The molecule has 116 valence electrons. The molecule has 0 saturated carbocycles. The van der Waals surface area contributed by atoms with Gasteiger partial charge in [-0.15, -0.1) is 0 Å². The molecule has 1 amide bonds. The standard InChI is InChI=1S/C14H27N3O3/c1-14(2)11-17(6-8-20-14)5-3-16-13(18)9-12-10-19-7-4-15-12/h12,15H,3-11H2,1-2H3,(H,16,18). The molecule has 0 spiro atoms. The van der Waals surface area contributed by atoms with Crippen molar-refractivity contribution in [3.8, 4) is 0 Å². The summed E-state index contributed by atoms with van der Waals surface area (Å²) in [5.74, 6) is 0.0977. The highest BCUT2D eigenvalue weighted by molar-refractivity contribution is 5.76.